The zero-order valence-electron chi connectivity index (χ0n) is 15.4. The second kappa shape index (κ2) is 8.86. The number of nitrogens with one attached hydrogen (secondary N) is 1. The van der Waals surface area contributed by atoms with Crippen LogP contribution in [0.4, 0.5) is 5.82 Å². The molecule has 2 aromatic rings. The third-order valence-corrected chi connectivity index (χ3v) is 4.61. The molecule has 27 heavy (non-hydrogen) atoms. The lowest BCUT2D eigenvalue weighted by Crippen LogP contribution is -2.44. The lowest BCUT2D eigenvalue weighted by atomic mass is 10.1. The van der Waals surface area contributed by atoms with E-state index in [-0.39, 0.29) is 17.5 Å². The van der Waals surface area contributed by atoms with Crippen molar-refractivity contribution in [2.24, 2.45) is 0 Å². The third-order valence-electron chi connectivity index (χ3n) is 4.61. The average molecular weight is 361 g/mol. The van der Waals surface area contributed by atoms with E-state index in [4.69, 9.17) is 0 Å². The Bertz CT molecular complexity index is 821. The number of piperazine rings is 1. The van der Waals surface area contributed by atoms with Crippen LogP contribution in [0, 0.1) is 11.3 Å². The Morgan fingerprint density at radius 3 is 2.48 bits per heavy atom. The minimum absolute atomic E-state index is 0.129. The minimum atomic E-state index is -0.346. The van der Waals surface area contributed by atoms with Crippen LogP contribution in [-0.2, 0) is 4.79 Å². The number of amides is 1. The predicted molar refractivity (Wildman–Crippen MR) is 105 cm³/mol. The molecule has 1 aliphatic rings. The van der Waals surface area contributed by atoms with Gasteiger partial charge in [0.1, 0.15) is 17.5 Å². The fourth-order valence-corrected chi connectivity index (χ4v) is 3.04. The molecule has 1 fully saturated rings. The zero-order valence-corrected chi connectivity index (χ0v) is 15.4. The molecule has 0 radical (unpaired) electrons. The largest absolute Gasteiger partial charge is 0.373 e. The molecule has 0 saturated carbocycles. The van der Waals surface area contributed by atoms with E-state index in [9.17, 15) is 10.1 Å². The van der Waals surface area contributed by atoms with Crippen LogP contribution in [0.15, 0.2) is 66.5 Å². The molecule has 0 spiro atoms. The fraction of sp³-hybridized carbons (Fsp3) is 0.286. The van der Waals surface area contributed by atoms with Gasteiger partial charge in [0.15, 0.2) is 0 Å². The Morgan fingerprint density at radius 2 is 1.85 bits per heavy atom. The van der Waals surface area contributed by atoms with Gasteiger partial charge in [-0.25, -0.2) is 4.98 Å². The van der Waals surface area contributed by atoms with Gasteiger partial charge in [0.2, 0.25) is 0 Å². The summed E-state index contributed by atoms with van der Waals surface area (Å²) in [7, 11) is 0. The van der Waals surface area contributed by atoms with Crippen LogP contribution in [0.2, 0.25) is 0 Å². The van der Waals surface area contributed by atoms with E-state index in [1.165, 1.54) is 0 Å². The van der Waals surface area contributed by atoms with Gasteiger partial charge in [-0.3, -0.25) is 4.79 Å². The number of hydrogen-bond acceptors (Lipinski definition) is 5. The molecule has 0 bridgehead atoms. The average Bonchev–Trinajstić information content (AvgIpc) is 2.73. The van der Waals surface area contributed by atoms with Crippen molar-refractivity contribution in [2.45, 2.75) is 13.0 Å². The van der Waals surface area contributed by atoms with Crippen LogP contribution in [0.3, 0.4) is 0 Å². The van der Waals surface area contributed by atoms with E-state index in [1.54, 1.807) is 12.4 Å². The molecular formula is C21H23N5O. The number of nitriles is 1. The molecule has 6 nitrogen and oxygen atoms in total. The van der Waals surface area contributed by atoms with Crippen LogP contribution >= 0.6 is 0 Å². The molecule has 1 aromatic heterocycles. The molecule has 1 N–H and O–H groups in total. The maximum Gasteiger partial charge on any atom is 0.263 e. The predicted octanol–water partition coefficient (Wildman–Crippen LogP) is 2.49. The van der Waals surface area contributed by atoms with E-state index in [0.29, 0.717) is 0 Å². The number of anilines is 1. The molecule has 1 atom stereocenters. The Hall–Kier alpha value is -3.33. The molecule has 6 heteroatoms. The molecule has 1 saturated heterocycles. The van der Waals surface area contributed by atoms with Gasteiger partial charge in [0.25, 0.3) is 5.91 Å². The highest BCUT2D eigenvalue weighted by atomic mass is 16.1. The number of nitrogens with zero attached hydrogens (tertiary/aromatic N) is 4. The molecule has 1 aromatic carbocycles. The first kappa shape index (κ1) is 18.5. The molecule has 1 unspecified atom stereocenters. The Morgan fingerprint density at radius 1 is 1.15 bits per heavy atom. The maximum absolute atomic E-state index is 12.5. The summed E-state index contributed by atoms with van der Waals surface area (Å²) in [6, 6.07) is 17.4. The second-order valence-corrected chi connectivity index (χ2v) is 6.47. The van der Waals surface area contributed by atoms with Crippen molar-refractivity contribution in [3.05, 3.63) is 72.1 Å². The highest BCUT2D eigenvalue weighted by Crippen LogP contribution is 2.15. The Labute approximate surface area is 159 Å². The number of carbonyl (C=O) groups excluding carboxylic acids is 1. The summed E-state index contributed by atoms with van der Waals surface area (Å²) in [4.78, 5) is 21.1. The number of pyridine rings is 1. The number of hydrogen-bond donors (Lipinski definition) is 1. The lowest BCUT2D eigenvalue weighted by molar-refractivity contribution is -0.117. The fourth-order valence-electron chi connectivity index (χ4n) is 3.04. The van der Waals surface area contributed by atoms with E-state index in [0.717, 1.165) is 37.6 Å². The van der Waals surface area contributed by atoms with Crippen molar-refractivity contribution in [2.75, 3.05) is 31.1 Å². The Balaban J connectivity index is 1.58. The van der Waals surface area contributed by atoms with Crippen molar-refractivity contribution >= 4 is 11.7 Å². The molecule has 2 heterocycles. The van der Waals surface area contributed by atoms with Gasteiger partial charge in [-0.2, -0.15) is 5.26 Å². The lowest BCUT2D eigenvalue weighted by Gasteiger charge is -2.34. The smallest absolute Gasteiger partial charge is 0.263 e. The molecular weight excluding hydrogens is 338 g/mol. The van der Waals surface area contributed by atoms with Crippen molar-refractivity contribution in [3.63, 3.8) is 0 Å². The summed E-state index contributed by atoms with van der Waals surface area (Å²) in [5.41, 5.74) is 1.14. The van der Waals surface area contributed by atoms with Crippen LogP contribution in [0.5, 0.6) is 0 Å². The standard InChI is InChI=1S/C21H23N5O/c1-17(18-7-3-2-4-8-18)24-21(27)19(15-22)16-25-11-13-26(14-12-25)20-9-5-6-10-23-20/h2-10,16-17H,11-14H2,1H3,(H,24,27)/b19-16-. The van der Waals surface area contributed by atoms with Gasteiger partial charge in [-0.1, -0.05) is 36.4 Å². The monoisotopic (exact) mass is 361 g/mol. The number of carbonyl (C=O) groups is 1. The van der Waals surface area contributed by atoms with Crippen LogP contribution in [0.25, 0.3) is 0 Å². The van der Waals surface area contributed by atoms with Gasteiger partial charge in [-0.15, -0.1) is 0 Å². The highest BCUT2D eigenvalue weighted by Gasteiger charge is 2.19. The van der Waals surface area contributed by atoms with E-state index < -0.39 is 0 Å². The molecule has 138 valence electrons. The first-order chi connectivity index (χ1) is 13.2. The van der Waals surface area contributed by atoms with Crippen molar-refractivity contribution in [1.29, 1.82) is 5.26 Å². The molecule has 1 amide bonds. The topological polar surface area (TPSA) is 72.3 Å². The van der Waals surface area contributed by atoms with E-state index >= 15 is 0 Å². The SMILES string of the molecule is CC(NC(=O)/C(C#N)=C\N1CCN(c2ccccn2)CC1)c1ccccc1. The first-order valence-electron chi connectivity index (χ1n) is 9.05. The van der Waals surface area contributed by atoms with Crippen LogP contribution in [0.1, 0.15) is 18.5 Å². The van der Waals surface area contributed by atoms with Crippen molar-refractivity contribution < 1.29 is 4.79 Å². The van der Waals surface area contributed by atoms with Crippen LogP contribution < -0.4 is 10.2 Å². The summed E-state index contributed by atoms with van der Waals surface area (Å²) in [5.74, 6) is 0.608. The van der Waals surface area contributed by atoms with E-state index in [2.05, 4.69) is 15.2 Å². The maximum atomic E-state index is 12.5. The van der Waals surface area contributed by atoms with Crippen molar-refractivity contribution in [3.8, 4) is 6.07 Å². The van der Waals surface area contributed by atoms with Crippen LogP contribution in [-0.4, -0.2) is 42.0 Å². The number of aromatic nitrogens is 1. The van der Waals surface area contributed by atoms with Gasteiger partial charge in [0, 0.05) is 38.6 Å². The number of rotatable bonds is 5. The molecule has 1 aliphatic heterocycles. The van der Waals surface area contributed by atoms with Gasteiger partial charge < -0.3 is 15.1 Å². The normalized spacial score (nSPS) is 15.8. The minimum Gasteiger partial charge on any atom is -0.373 e. The van der Waals surface area contributed by atoms with Gasteiger partial charge in [-0.05, 0) is 24.6 Å². The molecule has 3 rings (SSSR count). The summed E-state index contributed by atoms with van der Waals surface area (Å²) in [5, 5.41) is 12.3. The summed E-state index contributed by atoms with van der Waals surface area (Å²) in [6.07, 6.45) is 3.45. The second-order valence-electron chi connectivity index (χ2n) is 6.47. The van der Waals surface area contributed by atoms with Gasteiger partial charge in [0.05, 0.1) is 6.04 Å². The van der Waals surface area contributed by atoms with Crippen molar-refractivity contribution in [1.82, 2.24) is 15.2 Å². The quantitative estimate of drug-likeness (QED) is 0.654. The zero-order chi connectivity index (χ0) is 19.1. The molecule has 0 aliphatic carbocycles. The summed E-state index contributed by atoms with van der Waals surface area (Å²) < 4.78 is 0. The summed E-state index contributed by atoms with van der Waals surface area (Å²) >= 11 is 0. The van der Waals surface area contributed by atoms with Gasteiger partial charge >= 0.3 is 0 Å². The summed E-state index contributed by atoms with van der Waals surface area (Å²) in [6.45, 7) is 4.99. The first-order valence-corrected chi connectivity index (χ1v) is 9.05. The highest BCUT2D eigenvalue weighted by molar-refractivity contribution is 5.97. The van der Waals surface area contributed by atoms with E-state index in [1.807, 2.05) is 66.4 Å². The Kier molecular flexibility index (Phi) is 6.06. The third kappa shape index (κ3) is 4.85. The number of benzene rings is 1.